The van der Waals surface area contributed by atoms with Crippen molar-refractivity contribution in [3.8, 4) is 5.75 Å². The monoisotopic (exact) mass is 468 g/mol. The zero-order valence-corrected chi connectivity index (χ0v) is 20.3. The molecule has 1 saturated carbocycles. The molecule has 3 aliphatic rings. The van der Waals surface area contributed by atoms with Gasteiger partial charge in [-0.1, -0.05) is 17.7 Å². The van der Waals surface area contributed by atoms with Crippen molar-refractivity contribution in [2.45, 2.75) is 37.5 Å². The van der Waals surface area contributed by atoms with Gasteiger partial charge in [-0.25, -0.2) is 4.79 Å². The zero-order valence-electron chi connectivity index (χ0n) is 19.5. The second kappa shape index (κ2) is 9.19. The lowest BCUT2D eigenvalue weighted by molar-refractivity contribution is 0.0600. The Morgan fingerprint density at radius 3 is 2.85 bits per heavy atom. The number of aryl methyl sites for hydroxylation is 1. The molecule has 0 bridgehead atoms. The maximum atomic E-state index is 12.3. The molecule has 33 heavy (non-hydrogen) atoms. The predicted octanol–water partition coefficient (Wildman–Crippen LogP) is 4.85. The molecule has 1 aliphatic heterocycles. The number of rotatable bonds is 5. The van der Waals surface area contributed by atoms with Crippen molar-refractivity contribution in [2.24, 2.45) is 11.8 Å². The molecule has 0 amide bonds. The van der Waals surface area contributed by atoms with E-state index in [4.69, 9.17) is 21.1 Å². The molecule has 0 aromatic heterocycles. The fraction of sp³-hybridized carbons (Fsp3) is 0.519. The summed E-state index contributed by atoms with van der Waals surface area (Å²) in [5.74, 6) is 1.87. The number of halogens is 1. The van der Waals surface area contributed by atoms with Gasteiger partial charge in [0.1, 0.15) is 5.75 Å². The third-order valence-corrected chi connectivity index (χ3v) is 8.19. The van der Waals surface area contributed by atoms with Crippen LogP contribution in [0.4, 0.5) is 5.69 Å². The summed E-state index contributed by atoms with van der Waals surface area (Å²) in [6.45, 7) is 3.53. The van der Waals surface area contributed by atoms with Crippen molar-refractivity contribution in [1.29, 1.82) is 0 Å². The highest BCUT2D eigenvalue weighted by Gasteiger charge is 2.43. The first-order chi connectivity index (χ1) is 16.0. The van der Waals surface area contributed by atoms with E-state index in [1.54, 1.807) is 0 Å². The molecule has 3 atom stereocenters. The molecule has 0 radical (unpaired) electrons. The number of ether oxygens (including phenoxy) is 2. The third kappa shape index (κ3) is 4.22. The molecule has 6 heteroatoms. The molecule has 1 unspecified atom stereocenters. The fourth-order valence-electron chi connectivity index (χ4n) is 6.05. The smallest absolute Gasteiger partial charge is 0.337 e. The van der Waals surface area contributed by atoms with Crippen LogP contribution in [0.1, 0.15) is 47.2 Å². The Kier molecular flexibility index (Phi) is 6.28. The van der Waals surface area contributed by atoms with Crippen molar-refractivity contribution in [3.05, 3.63) is 58.1 Å². The van der Waals surface area contributed by atoms with E-state index in [-0.39, 0.29) is 11.4 Å². The molecule has 1 fully saturated rings. The van der Waals surface area contributed by atoms with Gasteiger partial charge in [0.05, 0.1) is 25.0 Å². The highest BCUT2D eigenvalue weighted by molar-refractivity contribution is 6.30. The van der Waals surface area contributed by atoms with E-state index in [1.165, 1.54) is 31.1 Å². The Morgan fingerprint density at radius 1 is 1.24 bits per heavy atom. The fourth-order valence-corrected chi connectivity index (χ4v) is 6.25. The molecular formula is C27H33ClN2O3. The van der Waals surface area contributed by atoms with Crippen molar-refractivity contribution < 1.29 is 14.3 Å². The summed E-state index contributed by atoms with van der Waals surface area (Å²) in [7, 11) is 3.46. The number of anilines is 1. The lowest BCUT2D eigenvalue weighted by Gasteiger charge is -2.44. The van der Waals surface area contributed by atoms with Crippen LogP contribution in [0.5, 0.6) is 5.75 Å². The van der Waals surface area contributed by atoms with Gasteiger partial charge in [0.2, 0.25) is 0 Å². The second-order valence-corrected chi connectivity index (χ2v) is 10.4. The van der Waals surface area contributed by atoms with Crippen molar-refractivity contribution in [3.63, 3.8) is 0 Å². The Bertz CT molecular complexity index is 1040. The van der Waals surface area contributed by atoms with Crippen LogP contribution < -0.4 is 15.0 Å². The molecule has 1 heterocycles. The summed E-state index contributed by atoms with van der Waals surface area (Å²) >= 11 is 6.35. The van der Waals surface area contributed by atoms with E-state index in [1.807, 2.05) is 31.3 Å². The number of hydrogen-bond donors (Lipinski definition) is 1. The number of benzene rings is 2. The molecule has 0 saturated heterocycles. The Balaban J connectivity index is 1.54. The highest BCUT2D eigenvalue weighted by Crippen LogP contribution is 2.46. The summed E-state index contributed by atoms with van der Waals surface area (Å²) in [5, 5.41) is 4.16. The van der Waals surface area contributed by atoms with Crippen LogP contribution in [0, 0.1) is 11.8 Å². The van der Waals surface area contributed by atoms with Crippen LogP contribution in [0.2, 0.25) is 5.02 Å². The van der Waals surface area contributed by atoms with E-state index in [0.29, 0.717) is 24.0 Å². The van der Waals surface area contributed by atoms with Gasteiger partial charge < -0.3 is 19.7 Å². The lowest BCUT2D eigenvalue weighted by atomic mass is 9.69. The first-order valence-electron chi connectivity index (χ1n) is 12.1. The van der Waals surface area contributed by atoms with Gasteiger partial charge in [-0.3, -0.25) is 0 Å². The molecule has 1 spiro atoms. The predicted molar refractivity (Wildman–Crippen MR) is 132 cm³/mol. The van der Waals surface area contributed by atoms with Crippen LogP contribution in [0.25, 0.3) is 0 Å². The first-order valence-corrected chi connectivity index (χ1v) is 12.4. The number of nitrogens with one attached hydrogen (secondary N) is 1. The number of esters is 1. The average Bonchev–Trinajstić information content (AvgIpc) is 2.97. The Hall–Kier alpha value is -2.24. The highest BCUT2D eigenvalue weighted by atomic mass is 35.5. The second-order valence-electron chi connectivity index (χ2n) is 9.93. The van der Waals surface area contributed by atoms with E-state index in [2.05, 4.69) is 22.3 Å². The number of methoxy groups -OCH3 is 1. The van der Waals surface area contributed by atoms with Gasteiger partial charge in [0.25, 0.3) is 0 Å². The maximum absolute atomic E-state index is 12.3. The van der Waals surface area contributed by atoms with Gasteiger partial charge >= 0.3 is 5.97 Å². The van der Waals surface area contributed by atoms with E-state index >= 15 is 0 Å². The minimum absolute atomic E-state index is 0.0924. The van der Waals surface area contributed by atoms with Gasteiger partial charge in [-0.2, -0.15) is 0 Å². The molecule has 176 valence electrons. The first kappa shape index (κ1) is 22.5. The number of hydrogen-bond acceptors (Lipinski definition) is 5. The van der Waals surface area contributed by atoms with Gasteiger partial charge in [-0.05, 0) is 99.0 Å². The SMILES string of the molecule is CNC[C@@H]1CC[C@H]1CN1CC2(CCCc3cc(Cl)ccc32)COc2ccc(C(=O)OC)cc21. The molecule has 2 aromatic rings. The quantitative estimate of drug-likeness (QED) is 0.636. The third-order valence-electron chi connectivity index (χ3n) is 7.95. The average molecular weight is 469 g/mol. The van der Waals surface area contributed by atoms with Gasteiger partial charge in [0.15, 0.2) is 0 Å². The number of carbonyl (C=O) groups is 1. The summed E-state index contributed by atoms with van der Waals surface area (Å²) < 4.78 is 11.5. The molecule has 1 N–H and O–H groups in total. The lowest BCUT2D eigenvalue weighted by Crippen LogP contribution is -2.49. The minimum Gasteiger partial charge on any atom is -0.490 e. The standard InChI is InChI=1S/C27H33ClN2O3/c1-29-14-20-5-6-21(20)15-30-16-27(11-3-4-18-12-22(28)8-9-23(18)27)17-33-25-10-7-19(13-24(25)30)26(31)32-2/h7-10,12-13,20-21,29H,3-6,11,14-17H2,1-2H3/t20-,21-,27?/m0/s1. The van der Waals surface area contributed by atoms with Crippen molar-refractivity contribution >= 4 is 23.3 Å². The summed E-state index contributed by atoms with van der Waals surface area (Å²) in [4.78, 5) is 14.8. The Labute approximate surface area is 201 Å². The summed E-state index contributed by atoms with van der Waals surface area (Å²) in [5.41, 5.74) is 4.19. The molecular weight excluding hydrogens is 436 g/mol. The van der Waals surface area contributed by atoms with E-state index in [9.17, 15) is 4.79 Å². The number of carbonyl (C=O) groups excluding carboxylic acids is 1. The minimum atomic E-state index is -0.314. The van der Waals surface area contributed by atoms with Crippen LogP contribution in [-0.2, 0) is 16.6 Å². The van der Waals surface area contributed by atoms with Gasteiger partial charge in [-0.15, -0.1) is 0 Å². The summed E-state index contributed by atoms with van der Waals surface area (Å²) in [6.07, 6.45) is 5.79. The molecule has 2 aliphatic carbocycles. The Morgan fingerprint density at radius 2 is 2.09 bits per heavy atom. The molecule has 5 rings (SSSR count). The molecule has 2 aromatic carbocycles. The number of nitrogens with zero attached hydrogens (tertiary/aromatic N) is 1. The maximum Gasteiger partial charge on any atom is 0.337 e. The summed E-state index contributed by atoms with van der Waals surface area (Å²) in [6, 6.07) is 12.1. The number of fused-ring (bicyclic) bond motifs is 3. The largest absolute Gasteiger partial charge is 0.490 e. The van der Waals surface area contributed by atoms with Gasteiger partial charge in [0, 0.05) is 23.5 Å². The van der Waals surface area contributed by atoms with Crippen molar-refractivity contribution in [2.75, 3.05) is 45.3 Å². The van der Waals surface area contributed by atoms with Crippen LogP contribution in [0.15, 0.2) is 36.4 Å². The van der Waals surface area contributed by atoms with Crippen molar-refractivity contribution in [1.82, 2.24) is 5.32 Å². The van der Waals surface area contributed by atoms with E-state index in [0.717, 1.165) is 55.4 Å². The van der Waals surface area contributed by atoms with E-state index < -0.39 is 0 Å². The zero-order chi connectivity index (χ0) is 23.0. The van der Waals surface area contributed by atoms with Crippen LogP contribution in [0.3, 0.4) is 0 Å². The topological polar surface area (TPSA) is 50.8 Å². The normalized spacial score (nSPS) is 26.0. The molecule has 5 nitrogen and oxygen atoms in total. The van der Waals surface area contributed by atoms with Crippen LogP contribution >= 0.6 is 11.6 Å². The van der Waals surface area contributed by atoms with Crippen LogP contribution in [-0.4, -0.2) is 46.4 Å².